The molecular formula is C15H16ClN3O3. The van der Waals surface area contributed by atoms with Gasteiger partial charge in [0.1, 0.15) is 29.4 Å². The number of methoxy groups -OCH3 is 1. The lowest BCUT2D eigenvalue weighted by Crippen LogP contribution is -2.33. The van der Waals surface area contributed by atoms with Crippen LogP contribution in [0.3, 0.4) is 0 Å². The number of rotatable bonds is 3. The summed E-state index contributed by atoms with van der Waals surface area (Å²) in [5.74, 6) is 0.470. The molecule has 1 aliphatic rings. The van der Waals surface area contributed by atoms with Crippen molar-refractivity contribution < 1.29 is 14.3 Å². The van der Waals surface area contributed by atoms with Gasteiger partial charge in [-0.15, -0.1) is 0 Å². The Balaban J connectivity index is 1.75. The van der Waals surface area contributed by atoms with E-state index in [9.17, 15) is 4.79 Å². The van der Waals surface area contributed by atoms with E-state index in [4.69, 9.17) is 21.1 Å². The molecule has 1 aromatic heterocycles. The molecule has 2 atom stereocenters. The fourth-order valence-electron chi connectivity index (χ4n) is 2.72. The zero-order valence-corrected chi connectivity index (χ0v) is 13.1. The Morgan fingerprint density at radius 1 is 1.41 bits per heavy atom. The number of carbonyl (C=O) groups excluding carboxylic acids is 1. The first-order chi connectivity index (χ1) is 10.6. The maximum Gasteiger partial charge on any atom is 0.323 e. The van der Waals surface area contributed by atoms with Crippen molar-refractivity contribution in [3.05, 3.63) is 29.7 Å². The van der Waals surface area contributed by atoms with E-state index in [1.807, 2.05) is 30.1 Å². The summed E-state index contributed by atoms with van der Waals surface area (Å²) in [6.07, 6.45) is 1.96. The zero-order valence-electron chi connectivity index (χ0n) is 12.3. The highest BCUT2D eigenvalue weighted by Gasteiger charge is 2.36. The molecule has 0 aliphatic carbocycles. The van der Waals surface area contributed by atoms with Crippen LogP contribution in [0.2, 0.25) is 5.15 Å². The maximum absolute atomic E-state index is 11.7. The van der Waals surface area contributed by atoms with Gasteiger partial charge >= 0.3 is 5.97 Å². The predicted octanol–water partition coefficient (Wildman–Crippen LogP) is 1.91. The van der Waals surface area contributed by atoms with Crippen LogP contribution in [0, 0.1) is 0 Å². The number of hydrogen-bond donors (Lipinski definition) is 0. The summed E-state index contributed by atoms with van der Waals surface area (Å²) in [6, 6.07) is 5.24. The van der Waals surface area contributed by atoms with Gasteiger partial charge in [0.05, 0.1) is 12.6 Å². The number of carbonyl (C=O) groups is 1. The first-order valence-corrected chi connectivity index (χ1v) is 7.31. The largest absolute Gasteiger partial charge is 0.489 e. The van der Waals surface area contributed by atoms with Crippen LogP contribution >= 0.6 is 11.6 Å². The number of likely N-dealkylation sites (tertiary alicyclic amines) is 1. The van der Waals surface area contributed by atoms with Crippen LogP contribution in [0.25, 0.3) is 10.9 Å². The van der Waals surface area contributed by atoms with E-state index < -0.39 is 0 Å². The van der Waals surface area contributed by atoms with Gasteiger partial charge in [-0.3, -0.25) is 9.69 Å². The van der Waals surface area contributed by atoms with Crippen LogP contribution in [-0.4, -0.2) is 53.7 Å². The molecule has 2 aromatic rings. The minimum atomic E-state index is -0.257. The second kappa shape index (κ2) is 6.06. The summed E-state index contributed by atoms with van der Waals surface area (Å²) in [4.78, 5) is 21.8. The van der Waals surface area contributed by atoms with Gasteiger partial charge in [-0.1, -0.05) is 11.6 Å². The number of ether oxygens (including phenoxy) is 2. The van der Waals surface area contributed by atoms with E-state index in [-0.39, 0.29) is 18.1 Å². The van der Waals surface area contributed by atoms with Gasteiger partial charge in [-0.05, 0) is 19.2 Å². The number of halogens is 1. The number of esters is 1. The van der Waals surface area contributed by atoms with Crippen molar-refractivity contribution >= 4 is 28.5 Å². The first kappa shape index (κ1) is 15.0. The van der Waals surface area contributed by atoms with Crippen LogP contribution in [0.1, 0.15) is 6.42 Å². The zero-order chi connectivity index (χ0) is 15.7. The highest BCUT2D eigenvalue weighted by Crippen LogP contribution is 2.27. The Labute approximate surface area is 133 Å². The van der Waals surface area contributed by atoms with Gasteiger partial charge in [0.25, 0.3) is 0 Å². The number of fused-ring (bicyclic) bond motifs is 1. The molecule has 0 unspecified atom stereocenters. The molecule has 0 bridgehead atoms. The predicted molar refractivity (Wildman–Crippen MR) is 82.0 cm³/mol. The number of aromatic nitrogens is 2. The molecule has 1 aliphatic heterocycles. The molecule has 1 saturated heterocycles. The van der Waals surface area contributed by atoms with Crippen molar-refractivity contribution in [2.24, 2.45) is 0 Å². The average Bonchev–Trinajstić information content (AvgIpc) is 2.87. The number of hydrogen-bond acceptors (Lipinski definition) is 6. The summed E-state index contributed by atoms with van der Waals surface area (Å²) >= 11 is 6.02. The lowest BCUT2D eigenvalue weighted by atomic mass is 10.2. The minimum absolute atomic E-state index is 0.0659. The summed E-state index contributed by atoms with van der Waals surface area (Å²) in [5.41, 5.74) is 0.730. The van der Waals surface area contributed by atoms with Gasteiger partial charge in [-0.2, -0.15) is 0 Å². The average molecular weight is 322 g/mol. The van der Waals surface area contributed by atoms with Crippen molar-refractivity contribution in [1.29, 1.82) is 0 Å². The third-order valence-electron chi connectivity index (χ3n) is 3.85. The van der Waals surface area contributed by atoms with Crippen molar-refractivity contribution in [1.82, 2.24) is 14.9 Å². The monoisotopic (exact) mass is 321 g/mol. The molecule has 1 aromatic carbocycles. The molecular weight excluding hydrogens is 306 g/mol. The Bertz CT molecular complexity index is 709. The smallest absolute Gasteiger partial charge is 0.323 e. The van der Waals surface area contributed by atoms with Crippen molar-refractivity contribution in [3.8, 4) is 5.75 Å². The van der Waals surface area contributed by atoms with Crippen molar-refractivity contribution in [3.63, 3.8) is 0 Å². The van der Waals surface area contributed by atoms with Crippen LogP contribution in [0.15, 0.2) is 24.5 Å². The highest BCUT2D eigenvalue weighted by atomic mass is 35.5. The number of nitrogens with zero attached hydrogens (tertiary/aromatic N) is 3. The summed E-state index contributed by atoms with van der Waals surface area (Å²) in [7, 11) is 3.29. The van der Waals surface area contributed by atoms with Gasteiger partial charge in [0.15, 0.2) is 0 Å². The van der Waals surface area contributed by atoms with E-state index in [0.29, 0.717) is 23.9 Å². The highest BCUT2D eigenvalue weighted by molar-refractivity contribution is 6.34. The number of benzene rings is 1. The SMILES string of the molecule is COC(=O)[C@@H]1C[C@H](Oc2ccc3c(Cl)ncnc3c2)CN1C. The van der Waals surface area contributed by atoms with E-state index >= 15 is 0 Å². The topological polar surface area (TPSA) is 64.5 Å². The molecule has 7 heteroatoms. The molecule has 0 saturated carbocycles. The fraction of sp³-hybridized carbons (Fsp3) is 0.400. The van der Waals surface area contributed by atoms with Gasteiger partial charge < -0.3 is 9.47 Å². The van der Waals surface area contributed by atoms with Gasteiger partial charge in [0, 0.05) is 24.4 Å². The van der Waals surface area contributed by atoms with E-state index in [0.717, 1.165) is 10.9 Å². The Kier molecular flexibility index (Phi) is 4.13. The van der Waals surface area contributed by atoms with Crippen molar-refractivity contribution in [2.45, 2.75) is 18.6 Å². The third kappa shape index (κ3) is 2.84. The summed E-state index contributed by atoms with van der Waals surface area (Å²) in [5, 5.41) is 1.20. The molecule has 0 amide bonds. The van der Waals surface area contributed by atoms with E-state index in [1.165, 1.54) is 13.4 Å². The molecule has 116 valence electrons. The molecule has 0 spiro atoms. The molecule has 3 rings (SSSR count). The Morgan fingerprint density at radius 2 is 2.23 bits per heavy atom. The van der Waals surface area contributed by atoms with Gasteiger partial charge in [0.2, 0.25) is 0 Å². The lowest BCUT2D eigenvalue weighted by molar-refractivity contribution is -0.145. The van der Waals surface area contributed by atoms with E-state index in [1.54, 1.807) is 0 Å². The summed E-state index contributed by atoms with van der Waals surface area (Å²) < 4.78 is 10.8. The standard InChI is InChI=1S/C15H16ClN3O3/c1-19-7-10(6-13(19)15(20)21-2)22-9-3-4-11-12(5-9)17-8-18-14(11)16/h3-5,8,10,13H,6-7H2,1-2H3/t10-,13-/m0/s1. The molecule has 6 nitrogen and oxygen atoms in total. The second-order valence-electron chi connectivity index (χ2n) is 5.30. The normalized spacial score (nSPS) is 22.0. The summed E-state index contributed by atoms with van der Waals surface area (Å²) in [6.45, 7) is 0.669. The molecule has 22 heavy (non-hydrogen) atoms. The maximum atomic E-state index is 11.7. The Morgan fingerprint density at radius 3 is 3.00 bits per heavy atom. The fourth-order valence-corrected chi connectivity index (χ4v) is 2.92. The Hall–Kier alpha value is -1.92. The van der Waals surface area contributed by atoms with E-state index in [2.05, 4.69) is 9.97 Å². The number of likely N-dealkylation sites (N-methyl/N-ethyl adjacent to an activating group) is 1. The second-order valence-corrected chi connectivity index (χ2v) is 5.66. The first-order valence-electron chi connectivity index (χ1n) is 6.93. The third-order valence-corrected chi connectivity index (χ3v) is 4.15. The minimum Gasteiger partial charge on any atom is -0.489 e. The van der Waals surface area contributed by atoms with Crippen LogP contribution < -0.4 is 4.74 Å². The van der Waals surface area contributed by atoms with Crippen LogP contribution in [-0.2, 0) is 9.53 Å². The molecule has 1 fully saturated rings. The molecule has 0 N–H and O–H groups in total. The molecule has 2 heterocycles. The molecule has 0 radical (unpaired) electrons. The lowest BCUT2D eigenvalue weighted by Gasteiger charge is -2.15. The van der Waals surface area contributed by atoms with Crippen molar-refractivity contribution in [2.75, 3.05) is 20.7 Å². The van der Waals surface area contributed by atoms with Gasteiger partial charge in [-0.25, -0.2) is 9.97 Å². The quantitative estimate of drug-likeness (QED) is 0.635. The van der Waals surface area contributed by atoms with Crippen LogP contribution in [0.5, 0.6) is 5.75 Å². The van der Waals surface area contributed by atoms with Crippen LogP contribution in [0.4, 0.5) is 0 Å².